The van der Waals surface area contributed by atoms with Crippen LogP contribution in [0.3, 0.4) is 0 Å². The van der Waals surface area contributed by atoms with E-state index < -0.39 is 5.97 Å². The average molecular weight is 356 g/mol. The minimum atomic E-state index is -1.03. The monoisotopic (exact) mass is 356 g/mol. The van der Waals surface area contributed by atoms with Crippen LogP contribution in [0.5, 0.6) is 0 Å². The standard InChI is InChI=1S/C17H13NO3S.CH3NO/c19-15(18-14-7-8-22-16(14)17(20)21)10-11-5-6-12-3-1-2-4-13(12)9-11;2-1-3/h1-9H,10H2,(H,18,19)(H,20,21);1H,(H2,2,3). The molecular formula is C18H16N2O4S. The molecule has 0 aliphatic rings. The van der Waals surface area contributed by atoms with Gasteiger partial charge in [-0.2, -0.15) is 0 Å². The largest absolute Gasteiger partial charge is 0.477 e. The van der Waals surface area contributed by atoms with Crippen molar-refractivity contribution >= 4 is 46.1 Å². The molecule has 1 aromatic heterocycles. The number of carboxylic acid groups (broad SMARTS) is 1. The minimum absolute atomic E-state index is 0.145. The quantitative estimate of drug-likeness (QED) is 0.624. The van der Waals surface area contributed by atoms with Gasteiger partial charge in [-0.3, -0.25) is 9.59 Å². The van der Waals surface area contributed by atoms with E-state index in [1.807, 2.05) is 42.5 Å². The molecular weight excluding hydrogens is 340 g/mol. The fourth-order valence-electron chi connectivity index (χ4n) is 2.30. The number of amides is 2. The second-order valence-corrected chi connectivity index (χ2v) is 5.93. The summed E-state index contributed by atoms with van der Waals surface area (Å²) in [5, 5.41) is 15.5. The number of nitrogens with one attached hydrogen (secondary N) is 1. The number of aromatic carboxylic acids is 1. The fraction of sp³-hybridized carbons (Fsp3) is 0.0556. The number of benzene rings is 2. The van der Waals surface area contributed by atoms with Gasteiger partial charge in [-0.05, 0) is 27.8 Å². The van der Waals surface area contributed by atoms with Crippen molar-refractivity contribution in [2.45, 2.75) is 6.42 Å². The van der Waals surface area contributed by atoms with Crippen molar-refractivity contribution in [1.29, 1.82) is 0 Å². The molecule has 0 spiro atoms. The smallest absolute Gasteiger partial charge is 0.348 e. The number of hydrogen-bond donors (Lipinski definition) is 3. The van der Waals surface area contributed by atoms with Crippen LogP contribution in [-0.4, -0.2) is 23.4 Å². The first-order valence-corrected chi connectivity index (χ1v) is 8.16. The number of hydrogen-bond acceptors (Lipinski definition) is 4. The molecule has 0 fully saturated rings. The van der Waals surface area contributed by atoms with E-state index in [4.69, 9.17) is 9.90 Å². The molecule has 3 rings (SSSR count). The van der Waals surface area contributed by atoms with Crippen LogP contribution in [0.25, 0.3) is 10.8 Å². The summed E-state index contributed by atoms with van der Waals surface area (Å²) >= 11 is 1.09. The maximum atomic E-state index is 12.1. The van der Waals surface area contributed by atoms with Crippen LogP contribution in [-0.2, 0) is 16.0 Å². The lowest BCUT2D eigenvalue weighted by Gasteiger charge is -2.06. The molecule has 128 valence electrons. The summed E-state index contributed by atoms with van der Waals surface area (Å²) in [6.45, 7) is 0. The van der Waals surface area contributed by atoms with E-state index in [1.165, 1.54) is 0 Å². The molecule has 25 heavy (non-hydrogen) atoms. The summed E-state index contributed by atoms with van der Waals surface area (Å²) in [7, 11) is 0. The van der Waals surface area contributed by atoms with Crippen LogP contribution in [0.15, 0.2) is 53.9 Å². The fourth-order valence-corrected chi connectivity index (χ4v) is 2.99. The number of carboxylic acids is 1. The number of primary amides is 1. The summed E-state index contributed by atoms with van der Waals surface area (Å²) in [4.78, 5) is 31.8. The molecule has 3 aromatic rings. The second kappa shape index (κ2) is 8.60. The van der Waals surface area contributed by atoms with Crippen LogP contribution in [0.2, 0.25) is 0 Å². The number of anilines is 1. The van der Waals surface area contributed by atoms with E-state index in [0.29, 0.717) is 5.69 Å². The maximum Gasteiger partial charge on any atom is 0.348 e. The van der Waals surface area contributed by atoms with Crippen molar-refractivity contribution in [3.8, 4) is 0 Å². The molecule has 0 saturated heterocycles. The van der Waals surface area contributed by atoms with E-state index in [-0.39, 0.29) is 23.6 Å². The van der Waals surface area contributed by atoms with Crippen LogP contribution < -0.4 is 11.1 Å². The van der Waals surface area contributed by atoms with Gasteiger partial charge in [0.25, 0.3) is 0 Å². The lowest BCUT2D eigenvalue weighted by molar-refractivity contribution is -0.115. The number of carbonyl (C=O) groups excluding carboxylic acids is 2. The van der Waals surface area contributed by atoms with Crippen LogP contribution in [0.4, 0.5) is 5.69 Å². The van der Waals surface area contributed by atoms with E-state index in [1.54, 1.807) is 11.4 Å². The Balaban J connectivity index is 0.000000701. The van der Waals surface area contributed by atoms with E-state index >= 15 is 0 Å². The van der Waals surface area contributed by atoms with Gasteiger partial charge in [-0.25, -0.2) is 4.79 Å². The number of carbonyl (C=O) groups is 3. The first-order chi connectivity index (χ1) is 12.0. The molecule has 0 bridgehead atoms. The average Bonchev–Trinajstić information content (AvgIpc) is 3.03. The SMILES string of the molecule is NC=O.O=C(Cc1ccc2ccccc2c1)Nc1ccsc1C(=O)O. The first kappa shape index (κ1) is 18.2. The Labute approximate surface area is 147 Å². The summed E-state index contributed by atoms with van der Waals surface area (Å²) in [6, 6.07) is 15.4. The molecule has 7 heteroatoms. The number of nitrogens with two attached hydrogens (primary N) is 1. The molecule has 0 aliphatic carbocycles. The van der Waals surface area contributed by atoms with Gasteiger partial charge in [0.15, 0.2) is 0 Å². The molecule has 0 saturated carbocycles. The van der Waals surface area contributed by atoms with Gasteiger partial charge >= 0.3 is 5.97 Å². The van der Waals surface area contributed by atoms with Gasteiger partial charge in [0.05, 0.1) is 12.1 Å². The zero-order valence-corrected chi connectivity index (χ0v) is 14.0. The Hall–Kier alpha value is -3.19. The van der Waals surface area contributed by atoms with Crippen molar-refractivity contribution in [2.24, 2.45) is 5.73 Å². The predicted molar refractivity (Wildman–Crippen MR) is 97.8 cm³/mol. The van der Waals surface area contributed by atoms with Gasteiger partial charge in [-0.15, -0.1) is 11.3 Å². The highest BCUT2D eigenvalue weighted by Gasteiger charge is 2.14. The summed E-state index contributed by atoms with van der Waals surface area (Å²) in [6.07, 6.45) is 0.458. The highest BCUT2D eigenvalue weighted by atomic mass is 32.1. The van der Waals surface area contributed by atoms with Crippen LogP contribution in [0, 0.1) is 0 Å². The summed E-state index contributed by atoms with van der Waals surface area (Å²) in [5.41, 5.74) is 5.41. The maximum absolute atomic E-state index is 12.1. The van der Waals surface area contributed by atoms with Crippen molar-refractivity contribution in [3.05, 3.63) is 64.4 Å². The molecule has 0 atom stereocenters. The molecule has 6 nitrogen and oxygen atoms in total. The Morgan fingerprint density at radius 2 is 1.80 bits per heavy atom. The lowest BCUT2D eigenvalue weighted by atomic mass is 10.0. The van der Waals surface area contributed by atoms with E-state index in [9.17, 15) is 9.59 Å². The topological polar surface area (TPSA) is 109 Å². The highest BCUT2D eigenvalue weighted by molar-refractivity contribution is 7.12. The Bertz CT molecular complexity index is 905. The third-order valence-corrected chi connectivity index (χ3v) is 4.21. The van der Waals surface area contributed by atoms with Crippen molar-refractivity contribution in [1.82, 2.24) is 0 Å². The first-order valence-electron chi connectivity index (χ1n) is 7.29. The van der Waals surface area contributed by atoms with Crippen molar-refractivity contribution in [3.63, 3.8) is 0 Å². The molecule has 0 unspecified atom stereocenters. The van der Waals surface area contributed by atoms with E-state index in [0.717, 1.165) is 27.7 Å². The zero-order chi connectivity index (χ0) is 18.2. The molecule has 2 amide bonds. The Kier molecular flexibility index (Phi) is 6.25. The van der Waals surface area contributed by atoms with Gasteiger partial charge in [0, 0.05) is 0 Å². The summed E-state index contributed by atoms with van der Waals surface area (Å²) in [5.74, 6) is -1.26. The van der Waals surface area contributed by atoms with Gasteiger partial charge in [0.1, 0.15) is 4.88 Å². The molecule has 2 aromatic carbocycles. The second-order valence-electron chi connectivity index (χ2n) is 5.01. The normalized spacial score (nSPS) is 9.76. The molecule has 0 aliphatic heterocycles. The molecule has 4 N–H and O–H groups in total. The Morgan fingerprint density at radius 3 is 2.48 bits per heavy atom. The molecule has 1 heterocycles. The number of fused-ring (bicyclic) bond motifs is 1. The number of thiophene rings is 1. The van der Waals surface area contributed by atoms with Gasteiger partial charge < -0.3 is 16.2 Å². The minimum Gasteiger partial charge on any atom is -0.477 e. The van der Waals surface area contributed by atoms with Crippen molar-refractivity contribution in [2.75, 3.05) is 5.32 Å². The van der Waals surface area contributed by atoms with Crippen LogP contribution in [0.1, 0.15) is 15.2 Å². The van der Waals surface area contributed by atoms with E-state index in [2.05, 4.69) is 11.1 Å². The Morgan fingerprint density at radius 1 is 1.12 bits per heavy atom. The third kappa shape index (κ3) is 4.89. The molecule has 0 radical (unpaired) electrons. The third-order valence-electron chi connectivity index (χ3n) is 3.31. The lowest BCUT2D eigenvalue weighted by Crippen LogP contribution is -2.15. The van der Waals surface area contributed by atoms with Gasteiger partial charge in [-0.1, -0.05) is 42.5 Å². The number of rotatable bonds is 4. The summed E-state index contributed by atoms with van der Waals surface area (Å²) < 4.78 is 0. The van der Waals surface area contributed by atoms with Crippen LogP contribution >= 0.6 is 11.3 Å². The van der Waals surface area contributed by atoms with Crippen molar-refractivity contribution < 1.29 is 19.5 Å². The highest BCUT2D eigenvalue weighted by Crippen LogP contribution is 2.22. The predicted octanol–water partition coefficient (Wildman–Crippen LogP) is 2.88. The van der Waals surface area contributed by atoms with Gasteiger partial charge in [0.2, 0.25) is 12.3 Å². The zero-order valence-electron chi connectivity index (χ0n) is 13.1.